The molecule has 1 aromatic carbocycles. The lowest BCUT2D eigenvalue weighted by molar-refractivity contribution is -0.124. The third-order valence-corrected chi connectivity index (χ3v) is 2.73. The van der Waals surface area contributed by atoms with E-state index in [9.17, 15) is 9.59 Å². The van der Waals surface area contributed by atoms with E-state index in [4.69, 9.17) is 22.1 Å². The number of hydrogen-bond acceptors (Lipinski definition) is 4. The van der Waals surface area contributed by atoms with Crippen molar-refractivity contribution in [2.75, 3.05) is 12.3 Å². The van der Waals surface area contributed by atoms with Crippen LogP contribution in [0.2, 0.25) is 5.02 Å². The van der Waals surface area contributed by atoms with Gasteiger partial charge in [-0.1, -0.05) is 18.5 Å². The lowest BCUT2D eigenvalue weighted by Gasteiger charge is -2.11. The predicted octanol–water partition coefficient (Wildman–Crippen LogP) is 1.99. The maximum Gasteiger partial charge on any atom is 0.338 e. The molecule has 3 N–H and O–H groups in total. The van der Waals surface area contributed by atoms with Crippen LogP contribution in [0.3, 0.4) is 0 Å². The minimum Gasteiger partial charge on any atom is -0.452 e. The number of anilines is 1. The summed E-state index contributed by atoms with van der Waals surface area (Å²) < 4.78 is 4.88. The number of carbonyl (C=O) groups excluding carboxylic acids is 2. The molecule has 5 nitrogen and oxygen atoms in total. The van der Waals surface area contributed by atoms with Gasteiger partial charge >= 0.3 is 5.97 Å². The summed E-state index contributed by atoms with van der Waals surface area (Å²) >= 11 is 5.78. The minimum absolute atomic E-state index is 0.0491. The largest absolute Gasteiger partial charge is 0.452 e. The van der Waals surface area contributed by atoms with Crippen LogP contribution in [0.15, 0.2) is 18.2 Å². The first-order valence-electron chi connectivity index (χ1n) is 5.95. The molecular formula is C13H17ClN2O3. The Kier molecular flexibility index (Phi) is 5.63. The van der Waals surface area contributed by atoms with Gasteiger partial charge in [-0.15, -0.1) is 0 Å². The smallest absolute Gasteiger partial charge is 0.338 e. The molecule has 0 saturated heterocycles. The molecule has 19 heavy (non-hydrogen) atoms. The van der Waals surface area contributed by atoms with Crippen LogP contribution in [0.5, 0.6) is 0 Å². The Hall–Kier alpha value is -1.75. The van der Waals surface area contributed by atoms with Gasteiger partial charge in [0.05, 0.1) is 5.56 Å². The Morgan fingerprint density at radius 3 is 2.68 bits per heavy atom. The number of rotatable bonds is 5. The third kappa shape index (κ3) is 5.18. The molecule has 0 aliphatic carbocycles. The summed E-state index contributed by atoms with van der Waals surface area (Å²) in [5.74, 6) is -0.966. The standard InChI is InChI=1S/C13H17ClN2O3/c1-3-8(2)16-12(17)7-19-13(18)9-4-10(14)6-11(15)5-9/h4-6,8H,3,7,15H2,1-2H3,(H,16,17). The van der Waals surface area contributed by atoms with E-state index in [-0.39, 0.29) is 24.1 Å². The number of esters is 1. The van der Waals surface area contributed by atoms with Crippen LogP contribution < -0.4 is 11.1 Å². The third-order valence-electron chi connectivity index (χ3n) is 2.51. The van der Waals surface area contributed by atoms with E-state index in [1.165, 1.54) is 18.2 Å². The van der Waals surface area contributed by atoms with Gasteiger partial charge < -0.3 is 15.8 Å². The molecule has 1 unspecified atom stereocenters. The van der Waals surface area contributed by atoms with Gasteiger partial charge in [-0.05, 0) is 31.5 Å². The van der Waals surface area contributed by atoms with Crippen LogP contribution in [0, 0.1) is 0 Å². The quantitative estimate of drug-likeness (QED) is 0.640. The van der Waals surface area contributed by atoms with Crippen LogP contribution in [0.4, 0.5) is 5.69 Å². The molecule has 104 valence electrons. The van der Waals surface area contributed by atoms with Crippen LogP contribution in [-0.4, -0.2) is 24.5 Å². The van der Waals surface area contributed by atoms with Crippen molar-refractivity contribution in [3.05, 3.63) is 28.8 Å². The van der Waals surface area contributed by atoms with Gasteiger partial charge in [0.25, 0.3) is 5.91 Å². The Morgan fingerprint density at radius 2 is 2.11 bits per heavy atom. The summed E-state index contributed by atoms with van der Waals surface area (Å²) in [6.45, 7) is 3.50. The number of amides is 1. The summed E-state index contributed by atoms with van der Waals surface area (Å²) in [5.41, 5.74) is 6.15. The van der Waals surface area contributed by atoms with Gasteiger partial charge in [0.15, 0.2) is 6.61 Å². The Balaban J connectivity index is 2.53. The molecule has 0 aromatic heterocycles. The highest BCUT2D eigenvalue weighted by Crippen LogP contribution is 2.17. The second-order valence-electron chi connectivity index (χ2n) is 4.23. The molecule has 0 aliphatic heterocycles. The second-order valence-corrected chi connectivity index (χ2v) is 4.66. The fraction of sp³-hybridized carbons (Fsp3) is 0.385. The van der Waals surface area contributed by atoms with Crippen molar-refractivity contribution >= 4 is 29.2 Å². The van der Waals surface area contributed by atoms with E-state index < -0.39 is 5.97 Å². The van der Waals surface area contributed by atoms with Crippen LogP contribution in [0.25, 0.3) is 0 Å². The van der Waals surface area contributed by atoms with E-state index in [0.717, 1.165) is 6.42 Å². The van der Waals surface area contributed by atoms with E-state index in [2.05, 4.69) is 5.32 Å². The zero-order valence-electron chi connectivity index (χ0n) is 10.9. The SMILES string of the molecule is CCC(C)NC(=O)COC(=O)c1cc(N)cc(Cl)c1. The average Bonchev–Trinajstić information content (AvgIpc) is 2.34. The molecule has 1 aromatic rings. The van der Waals surface area contributed by atoms with E-state index in [1.807, 2.05) is 13.8 Å². The molecular weight excluding hydrogens is 268 g/mol. The zero-order chi connectivity index (χ0) is 14.4. The molecule has 0 aliphatic rings. The number of halogens is 1. The second kappa shape index (κ2) is 6.99. The summed E-state index contributed by atoms with van der Waals surface area (Å²) in [6, 6.07) is 4.45. The van der Waals surface area contributed by atoms with Crippen LogP contribution in [-0.2, 0) is 9.53 Å². The molecule has 0 spiro atoms. The lowest BCUT2D eigenvalue weighted by Crippen LogP contribution is -2.35. The number of nitrogens with one attached hydrogen (secondary N) is 1. The van der Waals surface area contributed by atoms with E-state index in [0.29, 0.717) is 10.7 Å². The Labute approximate surface area is 117 Å². The van der Waals surface area contributed by atoms with Crippen molar-refractivity contribution in [1.29, 1.82) is 0 Å². The highest BCUT2D eigenvalue weighted by atomic mass is 35.5. The van der Waals surface area contributed by atoms with Crippen molar-refractivity contribution in [3.8, 4) is 0 Å². The number of benzene rings is 1. The first kappa shape index (κ1) is 15.3. The number of hydrogen-bond donors (Lipinski definition) is 2. The highest BCUT2D eigenvalue weighted by Gasteiger charge is 2.12. The normalized spacial score (nSPS) is 11.7. The topological polar surface area (TPSA) is 81.4 Å². The van der Waals surface area contributed by atoms with Crippen molar-refractivity contribution in [3.63, 3.8) is 0 Å². The predicted molar refractivity (Wildman–Crippen MR) is 74.0 cm³/mol. The molecule has 1 amide bonds. The van der Waals surface area contributed by atoms with Gasteiger partial charge in [0, 0.05) is 16.8 Å². The van der Waals surface area contributed by atoms with Gasteiger partial charge in [0.2, 0.25) is 0 Å². The van der Waals surface area contributed by atoms with E-state index >= 15 is 0 Å². The molecule has 6 heteroatoms. The van der Waals surface area contributed by atoms with E-state index in [1.54, 1.807) is 0 Å². The Bertz CT molecular complexity index is 457. The van der Waals surface area contributed by atoms with Crippen molar-refractivity contribution in [2.45, 2.75) is 26.3 Å². The highest BCUT2D eigenvalue weighted by molar-refractivity contribution is 6.31. The van der Waals surface area contributed by atoms with Gasteiger partial charge in [-0.3, -0.25) is 4.79 Å². The zero-order valence-corrected chi connectivity index (χ0v) is 11.7. The summed E-state index contributed by atoms with van der Waals surface area (Å²) in [6.07, 6.45) is 0.810. The molecule has 1 atom stereocenters. The van der Waals surface area contributed by atoms with Crippen LogP contribution in [0.1, 0.15) is 30.6 Å². The molecule has 0 bridgehead atoms. The maximum absolute atomic E-state index is 11.7. The average molecular weight is 285 g/mol. The lowest BCUT2D eigenvalue weighted by atomic mass is 10.2. The summed E-state index contributed by atoms with van der Waals surface area (Å²) in [5, 5.41) is 3.04. The van der Waals surface area contributed by atoms with Crippen molar-refractivity contribution in [2.24, 2.45) is 0 Å². The number of carbonyl (C=O) groups is 2. The van der Waals surface area contributed by atoms with Crippen molar-refractivity contribution < 1.29 is 14.3 Å². The summed E-state index contributed by atoms with van der Waals surface area (Å²) in [4.78, 5) is 23.1. The number of nitrogen functional groups attached to an aromatic ring is 1. The Morgan fingerprint density at radius 1 is 1.42 bits per heavy atom. The number of ether oxygens (including phenoxy) is 1. The fourth-order valence-electron chi connectivity index (χ4n) is 1.36. The molecule has 0 radical (unpaired) electrons. The summed E-state index contributed by atoms with van der Waals surface area (Å²) in [7, 11) is 0. The van der Waals surface area contributed by atoms with Gasteiger partial charge in [0.1, 0.15) is 0 Å². The molecule has 1 rings (SSSR count). The molecule has 0 saturated carbocycles. The van der Waals surface area contributed by atoms with Crippen LogP contribution >= 0.6 is 11.6 Å². The molecule has 0 fully saturated rings. The maximum atomic E-state index is 11.7. The van der Waals surface area contributed by atoms with Gasteiger partial charge in [-0.2, -0.15) is 0 Å². The first-order chi connectivity index (χ1) is 8.92. The van der Waals surface area contributed by atoms with Crippen molar-refractivity contribution in [1.82, 2.24) is 5.32 Å². The first-order valence-corrected chi connectivity index (χ1v) is 6.32. The molecule has 0 heterocycles. The monoisotopic (exact) mass is 284 g/mol. The van der Waals surface area contributed by atoms with Gasteiger partial charge in [-0.25, -0.2) is 4.79 Å². The number of nitrogens with two attached hydrogens (primary N) is 1. The fourth-order valence-corrected chi connectivity index (χ4v) is 1.61. The minimum atomic E-state index is -0.631.